The lowest BCUT2D eigenvalue weighted by atomic mass is 10.1. The molecule has 122 valence electrons. The van der Waals surface area contributed by atoms with Gasteiger partial charge in [0.2, 0.25) is 5.91 Å². The van der Waals surface area contributed by atoms with Crippen molar-refractivity contribution in [1.82, 2.24) is 20.0 Å². The van der Waals surface area contributed by atoms with Crippen molar-refractivity contribution in [3.05, 3.63) is 45.4 Å². The van der Waals surface area contributed by atoms with Crippen molar-refractivity contribution in [1.29, 1.82) is 0 Å². The van der Waals surface area contributed by atoms with E-state index in [9.17, 15) is 4.79 Å². The molecule has 0 aliphatic carbocycles. The molecule has 1 fully saturated rings. The van der Waals surface area contributed by atoms with Gasteiger partial charge in [-0.2, -0.15) is 0 Å². The molecule has 1 atom stereocenters. The quantitative estimate of drug-likeness (QED) is 0.864. The highest BCUT2D eigenvalue weighted by atomic mass is 32.1. The Bertz CT molecular complexity index is 682. The zero-order valence-electron chi connectivity index (χ0n) is 13.8. The van der Waals surface area contributed by atoms with Crippen molar-refractivity contribution in [2.75, 3.05) is 13.1 Å². The second-order valence-electron chi connectivity index (χ2n) is 6.11. The highest BCUT2D eigenvalue weighted by Gasteiger charge is 2.31. The van der Waals surface area contributed by atoms with E-state index in [1.54, 1.807) is 11.3 Å². The molecular weight excluding hydrogens is 308 g/mol. The van der Waals surface area contributed by atoms with Crippen LogP contribution in [0.2, 0.25) is 0 Å². The number of hydrogen-bond acceptors (Lipinski definition) is 5. The van der Waals surface area contributed by atoms with Crippen LogP contribution in [0.25, 0.3) is 0 Å². The van der Waals surface area contributed by atoms with Crippen LogP contribution >= 0.6 is 11.3 Å². The lowest BCUT2D eigenvalue weighted by molar-refractivity contribution is -0.142. The van der Waals surface area contributed by atoms with Crippen molar-refractivity contribution in [2.45, 2.75) is 39.9 Å². The summed E-state index contributed by atoms with van der Waals surface area (Å²) in [5.41, 5.74) is 2.43. The zero-order valence-corrected chi connectivity index (χ0v) is 14.6. The van der Waals surface area contributed by atoms with Crippen molar-refractivity contribution in [3.8, 4) is 0 Å². The van der Waals surface area contributed by atoms with Gasteiger partial charge in [-0.15, -0.1) is 21.5 Å². The second-order valence-corrected chi connectivity index (χ2v) is 7.37. The number of benzene rings is 1. The number of carbonyl (C=O) groups is 1. The molecule has 5 nitrogen and oxygen atoms in total. The maximum atomic E-state index is 12.7. The fraction of sp³-hybridized carbons (Fsp3) is 0.471. The van der Waals surface area contributed by atoms with E-state index < -0.39 is 0 Å². The van der Waals surface area contributed by atoms with Crippen LogP contribution < -0.4 is 0 Å². The fourth-order valence-electron chi connectivity index (χ4n) is 2.84. The first-order valence-electron chi connectivity index (χ1n) is 7.90. The number of aromatic nitrogens is 2. The van der Waals surface area contributed by atoms with Crippen molar-refractivity contribution in [3.63, 3.8) is 0 Å². The first-order chi connectivity index (χ1) is 11.0. The van der Waals surface area contributed by atoms with E-state index in [0.717, 1.165) is 23.1 Å². The highest BCUT2D eigenvalue weighted by molar-refractivity contribution is 7.11. The minimum absolute atomic E-state index is 0.113. The van der Waals surface area contributed by atoms with Crippen LogP contribution in [0, 0.1) is 13.8 Å². The number of rotatable bonds is 4. The van der Waals surface area contributed by atoms with Crippen LogP contribution in [0.3, 0.4) is 0 Å². The summed E-state index contributed by atoms with van der Waals surface area (Å²) in [6, 6.07) is 8.28. The van der Waals surface area contributed by atoms with Gasteiger partial charge in [0.1, 0.15) is 10.0 Å². The Balaban J connectivity index is 1.62. The molecule has 0 N–H and O–H groups in total. The average Bonchev–Trinajstić information content (AvgIpc) is 2.94. The smallest absolute Gasteiger partial charge is 0.239 e. The second kappa shape index (κ2) is 6.76. The molecule has 1 aliphatic rings. The number of piperazine rings is 1. The predicted octanol–water partition coefficient (Wildman–Crippen LogP) is 2.39. The Morgan fingerprint density at radius 3 is 2.52 bits per heavy atom. The minimum Gasteiger partial charge on any atom is -0.336 e. The van der Waals surface area contributed by atoms with E-state index in [1.807, 2.05) is 18.7 Å². The Labute approximate surface area is 140 Å². The maximum Gasteiger partial charge on any atom is 0.239 e. The SMILES string of the molecule is Cc1ccc(CN2CCN(Cc3nnc(C)s3)C(C)C2=O)cc1. The molecule has 1 saturated heterocycles. The van der Waals surface area contributed by atoms with Gasteiger partial charge in [-0.3, -0.25) is 9.69 Å². The van der Waals surface area contributed by atoms with E-state index in [2.05, 4.69) is 46.3 Å². The summed E-state index contributed by atoms with van der Waals surface area (Å²) >= 11 is 1.60. The summed E-state index contributed by atoms with van der Waals surface area (Å²) in [5.74, 6) is 0.193. The Morgan fingerprint density at radius 1 is 1.13 bits per heavy atom. The van der Waals surface area contributed by atoms with Gasteiger partial charge in [-0.25, -0.2) is 0 Å². The van der Waals surface area contributed by atoms with Crippen molar-refractivity contribution >= 4 is 17.2 Å². The molecule has 1 aromatic heterocycles. The molecule has 0 bridgehead atoms. The zero-order chi connectivity index (χ0) is 16.4. The van der Waals surface area contributed by atoms with Crippen LogP contribution in [0.5, 0.6) is 0 Å². The first-order valence-corrected chi connectivity index (χ1v) is 8.72. The molecule has 23 heavy (non-hydrogen) atoms. The molecule has 1 amide bonds. The molecule has 0 spiro atoms. The average molecular weight is 330 g/mol. The molecule has 3 rings (SSSR count). The van der Waals surface area contributed by atoms with Gasteiger partial charge in [0.05, 0.1) is 12.6 Å². The largest absolute Gasteiger partial charge is 0.336 e. The predicted molar refractivity (Wildman–Crippen MR) is 91.1 cm³/mol. The van der Waals surface area contributed by atoms with E-state index in [4.69, 9.17) is 0 Å². The lowest BCUT2D eigenvalue weighted by Gasteiger charge is -2.38. The molecule has 6 heteroatoms. The number of carbonyl (C=O) groups excluding carboxylic acids is 1. The number of nitrogens with zero attached hydrogens (tertiary/aromatic N) is 4. The summed E-state index contributed by atoms with van der Waals surface area (Å²) in [5, 5.41) is 10.2. The molecule has 1 unspecified atom stereocenters. The van der Waals surface area contributed by atoms with Crippen LogP contribution in [0.4, 0.5) is 0 Å². The number of aryl methyl sites for hydroxylation is 2. The third-order valence-electron chi connectivity index (χ3n) is 4.27. The Hall–Kier alpha value is -1.79. The minimum atomic E-state index is -0.113. The van der Waals surface area contributed by atoms with Gasteiger partial charge >= 0.3 is 0 Å². The van der Waals surface area contributed by atoms with E-state index in [1.165, 1.54) is 11.1 Å². The molecule has 0 radical (unpaired) electrons. The van der Waals surface area contributed by atoms with Crippen LogP contribution in [0.1, 0.15) is 28.1 Å². The summed E-state index contributed by atoms with van der Waals surface area (Å²) < 4.78 is 0. The number of amides is 1. The van der Waals surface area contributed by atoms with Gasteiger partial charge in [-0.05, 0) is 26.3 Å². The third-order valence-corrected chi connectivity index (χ3v) is 5.10. The molecule has 1 aliphatic heterocycles. The highest BCUT2D eigenvalue weighted by Crippen LogP contribution is 2.19. The summed E-state index contributed by atoms with van der Waals surface area (Å²) in [6.45, 7) is 9.04. The van der Waals surface area contributed by atoms with Crippen molar-refractivity contribution < 1.29 is 4.79 Å². The summed E-state index contributed by atoms with van der Waals surface area (Å²) in [4.78, 5) is 16.8. The van der Waals surface area contributed by atoms with Gasteiger partial charge in [0.15, 0.2) is 0 Å². The molecule has 0 saturated carbocycles. The molecule has 1 aromatic carbocycles. The van der Waals surface area contributed by atoms with E-state index in [-0.39, 0.29) is 11.9 Å². The maximum absolute atomic E-state index is 12.7. The van der Waals surface area contributed by atoms with E-state index in [0.29, 0.717) is 13.1 Å². The lowest BCUT2D eigenvalue weighted by Crippen LogP contribution is -2.54. The third kappa shape index (κ3) is 3.76. The molecule has 2 heterocycles. The Morgan fingerprint density at radius 2 is 1.87 bits per heavy atom. The first kappa shape index (κ1) is 16.1. The van der Waals surface area contributed by atoms with Crippen LogP contribution in [-0.4, -0.2) is 45.0 Å². The van der Waals surface area contributed by atoms with Crippen molar-refractivity contribution in [2.24, 2.45) is 0 Å². The van der Waals surface area contributed by atoms with Gasteiger partial charge in [0.25, 0.3) is 0 Å². The van der Waals surface area contributed by atoms with Gasteiger partial charge < -0.3 is 4.90 Å². The Kier molecular flexibility index (Phi) is 4.73. The molecular formula is C17H22N4OS. The van der Waals surface area contributed by atoms with E-state index >= 15 is 0 Å². The fourth-order valence-corrected chi connectivity index (χ4v) is 3.57. The topological polar surface area (TPSA) is 49.3 Å². The number of hydrogen-bond donors (Lipinski definition) is 0. The van der Waals surface area contributed by atoms with Gasteiger partial charge in [-0.1, -0.05) is 29.8 Å². The summed E-state index contributed by atoms with van der Waals surface area (Å²) in [7, 11) is 0. The summed E-state index contributed by atoms with van der Waals surface area (Å²) in [6.07, 6.45) is 0. The monoisotopic (exact) mass is 330 g/mol. The normalized spacial score (nSPS) is 19.3. The van der Waals surface area contributed by atoms with Crippen LogP contribution in [0.15, 0.2) is 24.3 Å². The van der Waals surface area contributed by atoms with Gasteiger partial charge in [0, 0.05) is 19.6 Å². The molecule has 2 aromatic rings. The standard InChI is InChI=1S/C17H22N4OS/c1-12-4-6-15(7-5-12)10-21-9-8-20(13(2)17(21)22)11-16-19-18-14(3)23-16/h4-7,13H,8-11H2,1-3H3. The van der Waals surface area contributed by atoms with Crippen LogP contribution in [-0.2, 0) is 17.9 Å².